The Hall–Kier alpha value is -1.33. The van der Waals surface area contributed by atoms with Crippen LogP contribution in [0.15, 0.2) is 18.2 Å². The number of rotatable bonds is 2. The van der Waals surface area contributed by atoms with Crippen LogP contribution in [0.3, 0.4) is 0 Å². The molecule has 0 N–H and O–H groups in total. The maximum atomic E-state index is 12.2. The zero-order valence-corrected chi connectivity index (χ0v) is 7.61. The van der Waals surface area contributed by atoms with E-state index in [1.165, 1.54) is 6.92 Å². The van der Waals surface area contributed by atoms with Gasteiger partial charge in [0.1, 0.15) is 5.75 Å². The van der Waals surface area contributed by atoms with Crippen LogP contribution in [0, 0.1) is 6.92 Å². The fourth-order valence-electron chi connectivity index (χ4n) is 1.10. The highest BCUT2D eigenvalue weighted by atomic mass is 19.4. The normalized spacial score (nSPS) is 11.9. The number of halogens is 5. The van der Waals surface area contributed by atoms with Crippen molar-refractivity contribution in [3.8, 4) is 5.75 Å². The van der Waals surface area contributed by atoms with E-state index >= 15 is 0 Å². The molecular weight excluding hydrogens is 219 g/mol. The third-order valence-electron chi connectivity index (χ3n) is 1.56. The maximum absolute atomic E-state index is 12.2. The van der Waals surface area contributed by atoms with Crippen molar-refractivity contribution >= 4 is 0 Å². The second-order valence-corrected chi connectivity index (χ2v) is 2.93. The molecule has 0 fully saturated rings. The Labute approximate surface area is 82.5 Å². The first-order valence-corrected chi connectivity index (χ1v) is 3.93. The zero-order chi connectivity index (χ0) is 11.6. The summed E-state index contributed by atoms with van der Waals surface area (Å²) in [5.41, 5.74) is -0.207. The first-order chi connectivity index (χ1) is 6.78. The van der Waals surface area contributed by atoms with Gasteiger partial charge in [0.05, 0.1) is 0 Å². The summed E-state index contributed by atoms with van der Waals surface area (Å²) in [7, 11) is 0. The van der Waals surface area contributed by atoms with Gasteiger partial charge in [0.2, 0.25) is 0 Å². The van der Waals surface area contributed by atoms with Gasteiger partial charge < -0.3 is 4.74 Å². The molecule has 84 valence electrons. The Morgan fingerprint density at radius 1 is 1.13 bits per heavy atom. The summed E-state index contributed by atoms with van der Waals surface area (Å²) in [4.78, 5) is 0. The highest BCUT2D eigenvalue weighted by Crippen LogP contribution is 2.28. The fourth-order valence-corrected chi connectivity index (χ4v) is 1.10. The van der Waals surface area contributed by atoms with Gasteiger partial charge >= 0.3 is 6.36 Å². The first kappa shape index (κ1) is 11.7. The molecule has 0 amide bonds. The van der Waals surface area contributed by atoms with Gasteiger partial charge in [-0.2, -0.15) is 0 Å². The average molecular weight is 226 g/mol. The van der Waals surface area contributed by atoms with E-state index in [1.807, 2.05) is 0 Å². The average Bonchev–Trinajstić information content (AvgIpc) is 1.99. The molecule has 1 rings (SSSR count). The standard InChI is InChI=1S/C9H7F5O/c1-5-2-6(8(10)11)4-7(3-5)15-9(12,13)14/h2-4,8H,1H3. The van der Waals surface area contributed by atoms with Crippen molar-refractivity contribution < 1.29 is 26.7 Å². The van der Waals surface area contributed by atoms with Crippen molar-refractivity contribution in [2.24, 2.45) is 0 Å². The molecule has 0 radical (unpaired) electrons. The van der Waals surface area contributed by atoms with Crippen molar-refractivity contribution in [2.75, 3.05) is 0 Å². The van der Waals surface area contributed by atoms with Crippen LogP contribution < -0.4 is 4.74 Å². The SMILES string of the molecule is Cc1cc(OC(F)(F)F)cc(C(F)F)c1. The molecule has 15 heavy (non-hydrogen) atoms. The summed E-state index contributed by atoms with van der Waals surface area (Å²) in [6, 6.07) is 2.82. The molecule has 1 aromatic rings. The molecule has 0 atom stereocenters. The third-order valence-corrected chi connectivity index (χ3v) is 1.56. The molecule has 0 saturated carbocycles. The van der Waals surface area contributed by atoms with E-state index in [2.05, 4.69) is 4.74 Å². The van der Waals surface area contributed by atoms with Gasteiger partial charge in [0, 0.05) is 5.56 Å². The Bertz CT molecular complexity index is 345. The second-order valence-electron chi connectivity index (χ2n) is 2.93. The monoisotopic (exact) mass is 226 g/mol. The van der Waals surface area contributed by atoms with Crippen LogP contribution in [0.1, 0.15) is 17.6 Å². The van der Waals surface area contributed by atoms with Crippen molar-refractivity contribution in [3.05, 3.63) is 29.3 Å². The van der Waals surface area contributed by atoms with E-state index in [0.29, 0.717) is 6.07 Å². The number of aryl methyl sites for hydroxylation is 1. The smallest absolute Gasteiger partial charge is 0.406 e. The lowest BCUT2D eigenvalue weighted by molar-refractivity contribution is -0.274. The molecule has 0 heterocycles. The summed E-state index contributed by atoms with van der Waals surface area (Å²) in [5.74, 6) is -0.627. The van der Waals surface area contributed by atoms with E-state index in [1.54, 1.807) is 0 Å². The van der Waals surface area contributed by atoms with Crippen molar-refractivity contribution in [1.29, 1.82) is 0 Å². The summed E-state index contributed by atoms with van der Waals surface area (Å²) < 4.78 is 63.4. The van der Waals surface area contributed by atoms with E-state index in [9.17, 15) is 22.0 Å². The minimum Gasteiger partial charge on any atom is -0.406 e. The molecule has 6 heteroatoms. The van der Waals surface area contributed by atoms with Crippen LogP contribution in [-0.2, 0) is 0 Å². The lowest BCUT2D eigenvalue weighted by atomic mass is 10.1. The van der Waals surface area contributed by atoms with Gasteiger partial charge in [-0.25, -0.2) is 8.78 Å². The molecule has 1 aromatic carbocycles. The summed E-state index contributed by atoms with van der Waals surface area (Å²) in [6.07, 6.45) is -7.69. The number of alkyl halides is 5. The van der Waals surface area contributed by atoms with Gasteiger partial charge in [-0.3, -0.25) is 0 Å². The predicted octanol–water partition coefficient (Wildman–Crippen LogP) is 3.83. The van der Waals surface area contributed by atoms with Crippen LogP contribution in [0.2, 0.25) is 0 Å². The van der Waals surface area contributed by atoms with E-state index in [-0.39, 0.29) is 5.56 Å². The minimum atomic E-state index is -4.87. The Kier molecular flexibility index (Phi) is 3.16. The summed E-state index contributed by atoms with van der Waals surface area (Å²) >= 11 is 0. The molecule has 0 aromatic heterocycles. The zero-order valence-electron chi connectivity index (χ0n) is 7.61. The number of ether oxygens (including phenoxy) is 1. The molecule has 0 aliphatic carbocycles. The van der Waals surface area contributed by atoms with Crippen LogP contribution >= 0.6 is 0 Å². The first-order valence-electron chi connectivity index (χ1n) is 3.93. The van der Waals surface area contributed by atoms with Crippen LogP contribution in [0.4, 0.5) is 22.0 Å². The number of benzene rings is 1. The second kappa shape index (κ2) is 4.04. The number of hydrogen-bond acceptors (Lipinski definition) is 1. The molecule has 0 saturated heterocycles. The molecule has 0 aliphatic rings. The lowest BCUT2D eigenvalue weighted by Crippen LogP contribution is -2.17. The number of hydrogen-bond donors (Lipinski definition) is 0. The van der Waals surface area contributed by atoms with Gasteiger partial charge in [-0.15, -0.1) is 13.2 Å². The molecule has 0 bridgehead atoms. The van der Waals surface area contributed by atoms with E-state index < -0.39 is 24.1 Å². The molecule has 0 aliphatic heterocycles. The van der Waals surface area contributed by atoms with Gasteiger partial charge in [0.15, 0.2) is 0 Å². The van der Waals surface area contributed by atoms with Crippen LogP contribution in [-0.4, -0.2) is 6.36 Å². The van der Waals surface area contributed by atoms with E-state index in [4.69, 9.17) is 0 Å². The van der Waals surface area contributed by atoms with Gasteiger partial charge in [-0.1, -0.05) is 6.07 Å². The lowest BCUT2D eigenvalue weighted by Gasteiger charge is -2.11. The van der Waals surface area contributed by atoms with Gasteiger partial charge in [0.25, 0.3) is 6.43 Å². The Morgan fingerprint density at radius 2 is 1.73 bits per heavy atom. The summed E-state index contributed by atoms with van der Waals surface area (Å²) in [6.45, 7) is 1.41. The predicted molar refractivity (Wildman–Crippen MR) is 42.8 cm³/mol. The molecule has 1 nitrogen and oxygen atoms in total. The van der Waals surface area contributed by atoms with Crippen molar-refractivity contribution in [1.82, 2.24) is 0 Å². The summed E-state index contributed by atoms with van der Waals surface area (Å²) in [5, 5.41) is 0. The van der Waals surface area contributed by atoms with Crippen LogP contribution in [0.25, 0.3) is 0 Å². The van der Waals surface area contributed by atoms with Crippen molar-refractivity contribution in [3.63, 3.8) is 0 Å². The van der Waals surface area contributed by atoms with Crippen LogP contribution in [0.5, 0.6) is 5.75 Å². The largest absolute Gasteiger partial charge is 0.573 e. The fraction of sp³-hybridized carbons (Fsp3) is 0.333. The molecule has 0 unspecified atom stereocenters. The third kappa shape index (κ3) is 3.73. The highest BCUT2D eigenvalue weighted by Gasteiger charge is 2.31. The molecule has 0 spiro atoms. The highest BCUT2D eigenvalue weighted by molar-refractivity contribution is 5.34. The topological polar surface area (TPSA) is 9.23 Å². The van der Waals surface area contributed by atoms with E-state index in [0.717, 1.165) is 12.1 Å². The van der Waals surface area contributed by atoms with Gasteiger partial charge in [-0.05, 0) is 24.6 Å². The Morgan fingerprint density at radius 3 is 2.20 bits per heavy atom. The molecular formula is C9H7F5O. The Balaban J connectivity index is 2.99. The minimum absolute atomic E-state index is 0.284. The van der Waals surface area contributed by atoms with Crippen molar-refractivity contribution in [2.45, 2.75) is 19.7 Å². The maximum Gasteiger partial charge on any atom is 0.573 e. The quantitative estimate of drug-likeness (QED) is 0.696.